The summed E-state index contributed by atoms with van der Waals surface area (Å²) in [5.41, 5.74) is 1.39. The first-order valence-electron chi connectivity index (χ1n) is 23.1. The average Bonchev–Trinajstić information content (AvgIpc) is 3.31. The highest BCUT2D eigenvalue weighted by molar-refractivity contribution is 5.95. The molecule has 0 aliphatic carbocycles. The first-order valence-corrected chi connectivity index (χ1v) is 23.1. The fraction of sp³-hybridized carbons (Fsp3) is 0.578. The molecule has 2 atom stereocenters. The lowest BCUT2D eigenvalue weighted by atomic mass is 10.1. The molecule has 28 heteroatoms. The Labute approximate surface area is 421 Å². The summed E-state index contributed by atoms with van der Waals surface area (Å²) in [7, 11) is 0. The van der Waals surface area contributed by atoms with Gasteiger partial charge in [0.2, 0.25) is 23.6 Å². The molecular formula is C45H70N8O20. The Morgan fingerprint density at radius 3 is 1.66 bits per heavy atom. The van der Waals surface area contributed by atoms with Gasteiger partial charge in [0.15, 0.2) is 0 Å². The maximum absolute atomic E-state index is 12.9. The van der Waals surface area contributed by atoms with E-state index in [9.17, 15) is 77.6 Å². The van der Waals surface area contributed by atoms with Crippen molar-refractivity contribution < 1.29 is 97.7 Å². The Morgan fingerprint density at radius 1 is 0.630 bits per heavy atom. The molecular weight excluding hydrogens is 973 g/mol. The van der Waals surface area contributed by atoms with Crippen LogP contribution in [0.1, 0.15) is 88.6 Å². The first-order chi connectivity index (χ1) is 34.3. The molecule has 2 rings (SSSR count). The van der Waals surface area contributed by atoms with Crippen LogP contribution in [0.4, 0.5) is 0 Å². The molecule has 0 radical (unpaired) electrons. The average molecular weight is 1040 g/mol. The van der Waals surface area contributed by atoms with Crippen LogP contribution < -0.4 is 26.6 Å². The first kappa shape index (κ1) is 67.5. The van der Waals surface area contributed by atoms with E-state index in [1.807, 2.05) is 26.8 Å². The lowest BCUT2D eigenvalue weighted by Gasteiger charge is -2.29. The largest absolute Gasteiger partial charge is 0.481 e. The molecule has 1 aromatic carbocycles. The van der Waals surface area contributed by atoms with Gasteiger partial charge in [-0.05, 0) is 44.7 Å². The zero-order valence-corrected chi connectivity index (χ0v) is 41.6. The molecule has 5 amide bonds. The van der Waals surface area contributed by atoms with Gasteiger partial charge in [-0.2, -0.15) is 0 Å². The molecule has 1 fully saturated rings. The Hall–Kier alpha value is -7.59. The standard InChI is InChI=1S/C37H52N8O16.2C3H6O2.C2H6/c1-23-5-4-6-24(15-23)35(57)38-10-3-2-7-26(37(59)60)42-28(47)17-40-36(58)25(8-9-30(49)50)41-27(46)16-39-29(48)18-44(20-32(53)54)13-11-43(19-31(51)52)12-14-45-21-33(55)61-34(56)22-45;2*1-2-3(4)5;1-2/h4-6,15,25-26H,2-3,7-14,16-22H2,1H3,(H,38,57)(H,39,48)(H,40,58)(H,41,46)(H,42,47)(H,49,50)(H,51,52)(H,53,54)(H,59,60);2*2H2,1H3,(H,4,5);1-2H3/t25-,26?;;;/m1.../s1. The van der Waals surface area contributed by atoms with Crippen molar-refractivity contribution in [3.63, 3.8) is 0 Å². The van der Waals surface area contributed by atoms with Gasteiger partial charge < -0.3 is 62.0 Å². The molecule has 1 heterocycles. The van der Waals surface area contributed by atoms with E-state index in [1.54, 1.807) is 32.0 Å². The van der Waals surface area contributed by atoms with E-state index in [1.165, 1.54) is 9.80 Å². The summed E-state index contributed by atoms with van der Waals surface area (Å²) in [4.78, 5) is 155. The summed E-state index contributed by atoms with van der Waals surface area (Å²) in [5.74, 6) is -12.2. The van der Waals surface area contributed by atoms with Gasteiger partial charge in [-0.3, -0.25) is 72.2 Å². The number of carboxylic acids is 6. The number of carboxylic acid groups (broad SMARTS) is 6. The number of rotatable bonds is 31. The third-order valence-corrected chi connectivity index (χ3v) is 9.37. The number of hydrogen-bond donors (Lipinski definition) is 11. The van der Waals surface area contributed by atoms with E-state index in [4.69, 9.17) is 15.3 Å². The third kappa shape index (κ3) is 36.1. The van der Waals surface area contributed by atoms with Crippen molar-refractivity contribution in [2.45, 2.75) is 91.6 Å². The molecule has 410 valence electrons. The van der Waals surface area contributed by atoms with Crippen molar-refractivity contribution in [3.05, 3.63) is 35.4 Å². The zero-order chi connectivity index (χ0) is 56.1. The zero-order valence-electron chi connectivity index (χ0n) is 41.6. The normalized spacial score (nSPS) is 12.5. The Kier molecular flexibility index (Phi) is 36.1. The highest BCUT2D eigenvalue weighted by Crippen LogP contribution is 2.06. The summed E-state index contributed by atoms with van der Waals surface area (Å²) >= 11 is 0. The van der Waals surface area contributed by atoms with E-state index < -0.39 is 129 Å². The number of carbonyl (C=O) groups excluding carboxylic acids is 7. The van der Waals surface area contributed by atoms with Crippen molar-refractivity contribution >= 4 is 77.3 Å². The van der Waals surface area contributed by atoms with E-state index in [2.05, 4.69) is 31.3 Å². The van der Waals surface area contributed by atoms with E-state index in [-0.39, 0.29) is 71.0 Å². The van der Waals surface area contributed by atoms with Crippen LogP contribution in [0.25, 0.3) is 0 Å². The van der Waals surface area contributed by atoms with Crippen LogP contribution in [-0.2, 0) is 62.3 Å². The number of carbonyl (C=O) groups is 13. The molecule has 1 unspecified atom stereocenters. The summed E-state index contributed by atoms with van der Waals surface area (Å²) < 4.78 is 4.46. The molecule has 28 nitrogen and oxygen atoms in total. The minimum absolute atomic E-state index is 0.000936. The number of aryl methyl sites for hydroxylation is 1. The molecule has 0 aromatic heterocycles. The number of nitrogens with one attached hydrogen (secondary N) is 5. The summed E-state index contributed by atoms with van der Waals surface area (Å²) in [6.45, 7) is 5.72. The number of aliphatic carboxylic acids is 6. The highest BCUT2D eigenvalue weighted by atomic mass is 16.6. The number of amides is 5. The lowest BCUT2D eigenvalue weighted by Crippen LogP contribution is -2.52. The number of nitrogens with zero attached hydrogens (tertiary/aromatic N) is 3. The van der Waals surface area contributed by atoms with Crippen LogP contribution in [0, 0.1) is 6.92 Å². The molecule has 0 saturated carbocycles. The second-order valence-electron chi connectivity index (χ2n) is 15.5. The molecule has 1 aromatic rings. The predicted molar refractivity (Wildman–Crippen MR) is 255 cm³/mol. The SMILES string of the molecule is CC.CCC(=O)O.CCC(=O)O.Cc1cccc(C(=O)NCCCCC(NC(=O)CNC(=O)[C@@H](CCC(=O)O)NC(=O)CNC(=O)CN(CCN(CCN2CC(=O)OC(=O)C2)CC(=O)O)CC(=O)O)C(=O)O)c1. The second kappa shape index (κ2) is 39.1. The van der Waals surface area contributed by atoms with Crippen LogP contribution >= 0.6 is 0 Å². The van der Waals surface area contributed by atoms with Crippen LogP contribution in [0.3, 0.4) is 0 Å². The number of esters is 2. The minimum atomic E-state index is -1.50. The van der Waals surface area contributed by atoms with Gasteiger partial charge in [0.1, 0.15) is 12.1 Å². The summed E-state index contributed by atoms with van der Waals surface area (Å²) in [5, 5.41) is 64.6. The molecule has 11 N–H and O–H groups in total. The number of morpholine rings is 1. The molecule has 0 bridgehead atoms. The monoisotopic (exact) mass is 1040 g/mol. The highest BCUT2D eigenvalue weighted by Gasteiger charge is 2.27. The van der Waals surface area contributed by atoms with E-state index >= 15 is 0 Å². The van der Waals surface area contributed by atoms with Crippen LogP contribution in [0.2, 0.25) is 0 Å². The maximum Gasteiger partial charge on any atom is 0.327 e. The Balaban J connectivity index is 0. The number of cyclic esters (lactones) is 2. The Morgan fingerprint density at radius 2 is 1.15 bits per heavy atom. The number of ether oxygens (including phenoxy) is 1. The number of benzene rings is 1. The van der Waals surface area contributed by atoms with E-state index in [0.29, 0.717) is 18.4 Å². The molecule has 1 aliphatic rings. The fourth-order valence-corrected chi connectivity index (χ4v) is 5.78. The molecule has 73 heavy (non-hydrogen) atoms. The van der Waals surface area contributed by atoms with Gasteiger partial charge in [0.05, 0.1) is 45.8 Å². The van der Waals surface area contributed by atoms with Gasteiger partial charge in [0.25, 0.3) is 5.91 Å². The molecule has 1 aliphatic heterocycles. The van der Waals surface area contributed by atoms with Gasteiger partial charge >= 0.3 is 47.8 Å². The Bertz CT molecular complexity index is 1990. The second-order valence-corrected chi connectivity index (χ2v) is 15.5. The molecule has 1 saturated heterocycles. The third-order valence-electron chi connectivity index (χ3n) is 9.37. The fourth-order valence-electron chi connectivity index (χ4n) is 5.78. The van der Waals surface area contributed by atoms with Gasteiger partial charge in [-0.15, -0.1) is 0 Å². The number of hydrogen-bond acceptors (Lipinski definition) is 17. The smallest absolute Gasteiger partial charge is 0.327 e. The van der Waals surface area contributed by atoms with Gasteiger partial charge in [-0.1, -0.05) is 45.4 Å². The van der Waals surface area contributed by atoms with Gasteiger partial charge in [-0.25, -0.2) is 4.79 Å². The summed E-state index contributed by atoms with van der Waals surface area (Å²) in [6, 6.07) is 4.13. The lowest BCUT2D eigenvalue weighted by molar-refractivity contribution is -0.167. The summed E-state index contributed by atoms with van der Waals surface area (Å²) in [6.07, 6.45) is 0.138. The topological polar surface area (TPSA) is 422 Å². The predicted octanol–water partition coefficient (Wildman–Crippen LogP) is -1.81. The molecule has 0 spiro atoms. The van der Waals surface area contributed by atoms with Crippen molar-refractivity contribution in [1.29, 1.82) is 0 Å². The maximum atomic E-state index is 12.9. The van der Waals surface area contributed by atoms with Crippen molar-refractivity contribution in [2.24, 2.45) is 0 Å². The number of unbranched alkanes of at least 4 members (excludes halogenated alkanes) is 1. The quantitative estimate of drug-likeness (QED) is 0.0222. The van der Waals surface area contributed by atoms with E-state index in [0.717, 1.165) is 10.5 Å². The van der Waals surface area contributed by atoms with Crippen LogP contribution in [0.15, 0.2) is 24.3 Å². The van der Waals surface area contributed by atoms with Crippen LogP contribution in [-0.4, -0.2) is 213 Å². The van der Waals surface area contributed by atoms with Crippen LogP contribution in [0.5, 0.6) is 0 Å². The van der Waals surface area contributed by atoms with Crippen molar-refractivity contribution in [2.75, 3.05) is 78.5 Å². The van der Waals surface area contributed by atoms with Crippen molar-refractivity contribution in [1.82, 2.24) is 41.3 Å². The minimum Gasteiger partial charge on any atom is -0.481 e. The van der Waals surface area contributed by atoms with Gasteiger partial charge in [0, 0.05) is 57.5 Å². The van der Waals surface area contributed by atoms with Crippen molar-refractivity contribution in [3.8, 4) is 0 Å².